The minimum absolute atomic E-state index is 0.767. The molecule has 1 fully saturated rings. The fourth-order valence-electron chi connectivity index (χ4n) is 2.11. The summed E-state index contributed by atoms with van der Waals surface area (Å²) in [5.74, 6) is 1.92. The van der Waals surface area contributed by atoms with E-state index >= 15 is 0 Å². The topological polar surface area (TPSA) is 35.2 Å². The molecule has 4 nitrogen and oxygen atoms in total. The lowest BCUT2D eigenvalue weighted by Crippen LogP contribution is -2.47. The molecule has 1 N–H and O–H groups in total. The van der Waals surface area contributed by atoms with Crippen LogP contribution in [0.4, 0.5) is 5.82 Å². The monoisotopic (exact) mass is 208 g/mol. The molecule has 1 aromatic heterocycles. The van der Waals surface area contributed by atoms with E-state index in [1.54, 1.807) is 6.33 Å². The molecule has 0 saturated carbocycles. The number of aromatic amines is 1. The lowest BCUT2D eigenvalue weighted by Gasteiger charge is -2.35. The molecular formula is C11H20N4. The van der Waals surface area contributed by atoms with Gasteiger partial charge in [-0.05, 0) is 5.92 Å². The van der Waals surface area contributed by atoms with Gasteiger partial charge in [0.25, 0.3) is 0 Å². The zero-order valence-corrected chi connectivity index (χ0v) is 9.61. The van der Waals surface area contributed by atoms with Crippen LogP contribution in [0.3, 0.4) is 0 Å². The number of piperazine rings is 1. The van der Waals surface area contributed by atoms with E-state index in [0.717, 1.165) is 37.9 Å². The molecule has 1 aliphatic heterocycles. The number of aromatic nitrogens is 2. The number of hydrogen-bond acceptors (Lipinski definition) is 3. The Hall–Kier alpha value is -1.03. The zero-order chi connectivity index (χ0) is 10.7. The molecular weight excluding hydrogens is 188 g/mol. The number of hydrogen-bond donors (Lipinski definition) is 1. The van der Waals surface area contributed by atoms with Crippen LogP contribution >= 0.6 is 0 Å². The Morgan fingerprint density at radius 3 is 2.60 bits per heavy atom. The Bertz CT molecular complexity index is 273. The van der Waals surface area contributed by atoms with Crippen molar-refractivity contribution in [1.29, 1.82) is 0 Å². The van der Waals surface area contributed by atoms with Gasteiger partial charge in [0.2, 0.25) is 0 Å². The Morgan fingerprint density at radius 1 is 1.33 bits per heavy atom. The van der Waals surface area contributed by atoms with Crippen molar-refractivity contribution >= 4 is 5.82 Å². The van der Waals surface area contributed by atoms with Crippen molar-refractivity contribution in [3.8, 4) is 0 Å². The van der Waals surface area contributed by atoms with Gasteiger partial charge < -0.3 is 9.88 Å². The molecule has 0 amide bonds. The highest BCUT2D eigenvalue weighted by atomic mass is 15.3. The molecule has 2 rings (SSSR count). The molecule has 0 radical (unpaired) electrons. The van der Waals surface area contributed by atoms with Gasteiger partial charge >= 0.3 is 0 Å². The van der Waals surface area contributed by atoms with E-state index in [1.165, 1.54) is 6.54 Å². The van der Waals surface area contributed by atoms with Gasteiger partial charge in [-0.15, -0.1) is 0 Å². The first-order valence-corrected chi connectivity index (χ1v) is 5.71. The summed E-state index contributed by atoms with van der Waals surface area (Å²) >= 11 is 0. The van der Waals surface area contributed by atoms with Crippen molar-refractivity contribution in [2.24, 2.45) is 5.92 Å². The Kier molecular flexibility index (Phi) is 3.26. The second-order valence-electron chi connectivity index (χ2n) is 4.62. The Labute approximate surface area is 91.3 Å². The molecule has 0 aliphatic carbocycles. The number of imidazole rings is 1. The number of nitrogens with zero attached hydrogens (tertiary/aromatic N) is 3. The van der Waals surface area contributed by atoms with Gasteiger partial charge in [0.1, 0.15) is 5.82 Å². The number of H-pyrrole nitrogens is 1. The number of nitrogens with one attached hydrogen (secondary N) is 1. The molecule has 0 bridgehead atoms. The van der Waals surface area contributed by atoms with E-state index in [9.17, 15) is 0 Å². The van der Waals surface area contributed by atoms with Crippen LogP contribution in [-0.4, -0.2) is 47.6 Å². The number of rotatable bonds is 3. The zero-order valence-electron chi connectivity index (χ0n) is 9.61. The van der Waals surface area contributed by atoms with E-state index < -0.39 is 0 Å². The highest BCUT2D eigenvalue weighted by Gasteiger charge is 2.17. The number of anilines is 1. The van der Waals surface area contributed by atoms with Crippen LogP contribution in [0.5, 0.6) is 0 Å². The molecule has 0 unspecified atom stereocenters. The van der Waals surface area contributed by atoms with Crippen molar-refractivity contribution in [2.75, 3.05) is 37.6 Å². The maximum absolute atomic E-state index is 4.05. The summed E-state index contributed by atoms with van der Waals surface area (Å²) < 4.78 is 0. The van der Waals surface area contributed by atoms with Crippen LogP contribution in [0.15, 0.2) is 12.5 Å². The molecule has 1 aliphatic rings. The van der Waals surface area contributed by atoms with Crippen molar-refractivity contribution in [2.45, 2.75) is 13.8 Å². The summed E-state index contributed by atoms with van der Waals surface area (Å²) in [6, 6.07) is 0. The molecule has 84 valence electrons. The SMILES string of the molecule is CC(C)CN1CCN(c2cnc[nH]2)CC1. The van der Waals surface area contributed by atoms with Crippen molar-refractivity contribution in [3.63, 3.8) is 0 Å². The van der Waals surface area contributed by atoms with Gasteiger partial charge in [-0.25, -0.2) is 4.98 Å². The summed E-state index contributed by atoms with van der Waals surface area (Å²) in [6.07, 6.45) is 3.65. The van der Waals surface area contributed by atoms with Gasteiger partial charge in [-0.2, -0.15) is 0 Å². The van der Waals surface area contributed by atoms with Gasteiger partial charge in [0.05, 0.1) is 12.5 Å². The van der Waals surface area contributed by atoms with E-state index in [2.05, 4.69) is 33.6 Å². The lowest BCUT2D eigenvalue weighted by molar-refractivity contribution is 0.231. The van der Waals surface area contributed by atoms with Crippen LogP contribution in [0.1, 0.15) is 13.8 Å². The molecule has 4 heteroatoms. The molecule has 1 saturated heterocycles. The lowest BCUT2D eigenvalue weighted by atomic mass is 10.2. The van der Waals surface area contributed by atoms with Crippen molar-refractivity contribution in [1.82, 2.24) is 14.9 Å². The second kappa shape index (κ2) is 4.66. The first-order chi connectivity index (χ1) is 7.25. The highest BCUT2D eigenvalue weighted by Crippen LogP contribution is 2.12. The Morgan fingerprint density at radius 2 is 2.07 bits per heavy atom. The maximum atomic E-state index is 4.05. The average Bonchev–Trinajstić information content (AvgIpc) is 2.71. The maximum Gasteiger partial charge on any atom is 0.125 e. The van der Waals surface area contributed by atoms with Crippen LogP contribution < -0.4 is 4.90 Å². The summed E-state index contributed by atoms with van der Waals surface area (Å²) in [6.45, 7) is 10.3. The normalized spacial score (nSPS) is 18.7. The average molecular weight is 208 g/mol. The van der Waals surface area contributed by atoms with Crippen LogP contribution in [0.2, 0.25) is 0 Å². The quantitative estimate of drug-likeness (QED) is 0.810. The van der Waals surface area contributed by atoms with Gasteiger partial charge in [0, 0.05) is 32.7 Å². The minimum Gasteiger partial charge on any atom is -0.354 e. The molecule has 15 heavy (non-hydrogen) atoms. The van der Waals surface area contributed by atoms with E-state index in [0.29, 0.717) is 0 Å². The predicted octanol–water partition coefficient (Wildman–Crippen LogP) is 1.19. The van der Waals surface area contributed by atoms with Crippen molar-refractivity contribution in [3.05, 3.63) is 12.5 Å². The van der Waals surface area contributed by atoms with Crippen molar-refractivity contribution < 1.29 is 0 Å². The summed E-state index contributed by atoms with van der Waals surface area (Å²) in [7, 11) is 0. The third-order valence-electron chi connectivity index (χ3n) is 2.82. The predicted molar refractivity (Wildman–Crippen MR) is 62.1 cm³/mol. The minimum atomic E-state index is 0.767. The fourth-order valence-corrected chi connectivity index (χ4v) is 2.11. The summed E-state index contributed by atoms with van der Waals surface area (Å²) in [4.78, 5) is 12.1. The fraction of sp³-hybridized carbons (Fsp3) is 0.727. The van der Waals surface area contributed by atoms with Gasteiger partial charge in [0.15, 0.2) is 0 Å². The first kappa shape index (κ1) is 10.5. The smallest absolute Gasteiger partial charge is 0.125 e. The third kappa shape index (κ3) is 2.72. The van der Waals surface area contributed by atoms with E-state index in [1.807, 2.05) is 6.20 Å². The largest absolute Gasteiger partial charge is 0.354 e. The molecule has 1 aromatic rings. The van der Waals surface area contributed by atoms with E-state index in [4.69, 9.17) is 0 Å². The molecule has 0 aromatic carbocycles. The molecule has 0 spiro atoms. The Balaban J connectivity index is 1.82. The van der Waals surface area contributed by atoms with E-state index in [-0.39, 0.29) is 0 Å². The van der Waals surface area contributed by atoms with Crippen LogP contribution in [0, 0.1) is 5.92 Å². The standard InChI is InChI=1S/C11H20N4/c1-10(2)8-14-3-5-15(6-4-14)11-7-12-9-13-11/h7,9-10H,3-6,8H2,1-2H3,(H,12,13). The highest BCUT2D eigenvalue weighted by molar-refractivity contribution is 5.35. The first-order valence-electron chi connectivity index (χ1n) is 5.71. The molecule has 0 atom stereocenters. The molecule has 2 heterocycles. The third-order valence-corrected chi connectivity index (χ3v) is 2.82. The summed E-state index contributed by atoms with van der Waals surface area (Å²) in [5.41, 5.74) is 0. The second-order valence-corrected chi connectivity index (χ2v) is 4.62. The van der Waals surface area contributed by atoms with Gasteiger partial charge in [-0.1, -0.05) is 13.8 Å². The van der Waals surface area contributed by atoms with Crippen LogP contribution in [0.25, 0.3) is 0 Å². The van der Waals surface area contributed by atoms with Gasteiger partial charge in [-0.3, -0.25) is 4.90 Å². The van der Waals surface area contributed by atoms with Crippen LogP contribution in [-0.2, 0) is 0 Å². The summed E-state index contributed by atoms with van der Waals surface area (Å²) in [5, 5.41) is 0.